The lowest BCUT2D eigenvalue weighted by atomic mass is 9.95. The highest BCUT2D eigenvalue weighted by Gasteiger charge is 2.25. The molecule has 14 rings (SSSR count). The third-order valence-corrected chi connectivity index (χ3v) is 13.5. The summed E-state index contributed by atoms with van der Waals surface area (Å²) in [7, 11) is 0. The van der Waals surface area contributed by atoms with Crippen molar-refractivity contribution in [3.63, 3.8) is 0 Å². The molecule has 0 N–H and O–H groups in total. The lowest BCUT2D eigenvalue weighted by molar-refractivity contribution is 0.668. The summed E-state index contributed by atoms with van der Waals surface area (Å²) < 4.78 is 16.3. The molecule has 0 aliphatic rings. The van der Waals surface area contributed by atoms with Crippen LogP contribution in [0.25, 0.3) is 139 Å². The highest BCUT2D eigenvalue weighted by atomic mass is 16.3. The molecule has 0 saturated heterocycles. The zero-order chi connectivity index (χ0) is 45.4. The number of aromatic nitrogens is 4. The number of hydrogen-bond donors (Lipinski definition) is 0. The van der Waals surface area contributed by atoms with E-state index in [4.69, 9.17) is 23.8 Å². The van der Waals surface area contributed by atoms with Gasteiger partial charge < -0.3 is 13.4 Å². The summed E-state index contributed by atoms with van der Waals surface area (Å²) in [6, 6.07) is 80.3. The smallest absolute Gasteiger partial charge is 0.167 e. The van der Waals surface area contributed by atoms with E-state index in [0.717, 1.165) is 94.0 Å². The molecule has 0 fully saturated rings. The highest BCUT2D eigenvalue weighted by molar-refractivity contribution is 6.21. The molecule has 0 aliphatic heterocycles. The second-order valence-corrected chi connectivity index (χ2v) is 17.5. The van der Waals surface area contributed by atoms with Crippen molar-refractivity contribution in [3.05, 3.63) is 231 Å². The fourth-order valence-corrected chi connectivity index (χ4v) is 10.3. The number of hydrogen-bond acceptors (Lipinski definition) is 5. The SMILES string of the molecule is c1ccc(-c2ccc(-c3nc(-c4ccccc4)nc(-c4cccc5c4oc4c(-c6c(-n7c8ccccc8c8cc(-c9ccccc9)ccc87)ccc7oc8ccccc8c67)cccc45)n3)cc2)cc1. The van der Waals surface area contributed by atoms with Crippen LogP contribution in [0.4, 0.5) is 0 Å². The van der Waals surface area contributed by atoms with Crippen molar-refractivity contribution in [2.24, 2.45) is 0 Å². The van der Waals surface area contributed by atoms with Crippen molar-refractivity contribution in [2.75, 3.05) is 0 Å². The summed E-state index contributed by atoms with van der Waals surface area (Å²) in [6.45, 7) is 0. The van der Waals surface area contributed by atoms with E-state index in [2.05, 4.69) is 180 Å². The van der Waals surface area contributed by atoms with Gasteiger partial charge in [0.2, 0.25) is 0 Å². The Bertz CT molecular complexity index is 4290. The lowest BCUT2D eigenvalue weighted by Gasteiger charge is -2.16. The molecule has 0 bridgehead atoms. The Balaban J connectivity index is 1.00. The molecular weight excluding hydrogens is 845 g/mol. The first-order valence-electron chi connectivity index (χ1n) is 23.2. The van der Waals surface area contributed by atoms with Crippen LogP contribution < -0.4 is 0 Å². The van der Waals surface area contributed by atoms with Crippen molar-refractivity contribution in [2.45, 2.75) is 0 Å². The number of furan rings is 2. The predicted molar refractivity (Wildman–Crippen MR) is 281 cm³/mol. The molecule has 4 aromatic heterocycles. The molecule has 4 heterocycles. The zero-order valence-electron chi connectivity index (χ0n) is 37.0. The molecule has 0 amide bonds. The van der Waals surface area contributed by atoms with E-state index in [9.17, 15) is 0 Å². The minimum absolute atomic E-state index is 0.529. The molecule has 322 valence electrons. The maximum Gasteiger partial charge on any atom is 0.167 e. The molecule has 69 heavy (non-hydrogen) atoms. The number of para-hydroxylation sites is 4. The van der Waals surface area contributed by atoms with Crippen LogP contribution in [0.2, 0.25) is 0 Å². The topological polar surface area (TPSA) is 69.9 Å². The summed E-state index contributed by atoms with van der Waals surface area (Å²) in [5, 5.41) is 6.38. The third-order valence-electron chi connectivity index (χ3n) is 13.5. The Labute approximate surface area is 396 Å². The number of benzene rings is 10. The van der Waals surface area contributed by atoms with Gasteiger partial charge in [0.1, 0.15) is 22.3 Å². The summed E-state index contributed by atoms with van der Waals surface area (Å²) >= 11 is 0. The molecule has 0 radical (unpaired) electrons. The Morgan fingerprint density at radius 2 is 0.812 bits per heavy atom. The molecule has 6 heteroatoms. The summed E-state index contributed by atoms with van der Waals surface area (Å²) in [6.07, 6.45) is 0. The fourth-order valence-electron chi connectivity index (χ4n) is 10.3. The summed E-state index contributed by atoms with van der Waals surface area (Å²) in [4.78, 5) is 15.4. The van der Waals surface area contributed by atoms with Gasteiger partial charge in [-0.1, -0.05) is 188 Å². The van der Waals surface area contributed by atoms with Gasteiger partial charge in [0.05, 0.1) is 22.3 Å². The van der Waals surface area contributed by atoms with Crippen LogP contribution in [0, 0.1) is 0 Å². The van der Waals surface area contributed by atoms with Crippen LogP contribution in [-0.4, -0.2) is 19.5 Å². The van der Waals surface area contributed by atoms with Crippen LogP contribution in [0.5, 0.6) is 0 Å². The van der Waals surface area contributed by atoms with Gasteiger partial charge in [-0.25, -0.2) is 15.0 Å². The standard InChI is InChI=1S/C63H38N4O2/c1-4-16-39(17-5-1)41-30-32-43(33-31-41)62-64-61(42-20-8-3-9-21-42)65-63(66-62)50-27-15-25-47-46-24-14-26-49(59(46)69-60(47)50)57-54(36-37-56-58(57)48-23-11-13-29-55(48)68-56)67-52-28-12-10-22-45(52)51-38-44(34-35-53(51)67)40-18-6-2-7-19-40/h1-38H. The van der Waals surface area contributed by atoms with Crippen LogP contribution in [0.1, 0.15) is 0 Å². The van der Waals surface area contributed by atoms with Gasteiger partial charge >= 0.3 is 0 Å². The van der Waals surface area contributed by atoms with E-state index < -0.39 is 0 Å². The highest BCUT2D eigenvalue weighted by Crippen LogP contribution is 2.47. The summed E-state index contributed by atoms with van der Waals surface area (Å²) in [5.41, 5.74) is 15.5. The van der Waals surface area contributed by atoms with E-state index in [0.29, 0.717) is 23.1 Å². The van der Waals surface area contributed by atoms with Crippen LogP contribution >= 0.6 is 0 Å². The van der Waals surface area contributed by atoms with E-state index in [-0.39, 0.29) is 0 Å². The minimum Gasteiger partial charge on any atom is -0.456 e. The first-order valence-corrected chi connectivity index (χ1v) is 23.2. The molecule has 10 aromatic carbocycles. The Morgan fingerprint density at radius 3 is 1.54 bits per heavy atom. The van der Waals surface area contributed by atoms with E-state index in [1.807, 2.05) is 54.6 Å². The largest absolute Gasteiger partial charge is 0.456 e. The maximum absolute atomic E-state index is 7.29. The van der Waals surface area contributed by atoms with Crippen LogP contribution in [-0.2, 0) is 0 Å². The average Bonchev–Trinajstić information content (AvgIpc) is 4.11. The van der Waals surface area contributed by atoms with Gasteiger partial charge in [-0.2, -0.15) is 0 Å². The molecular formula is C63H38N4O2. The minimum atomic E-state index is 0.529. The lowest BCUT2D eigenvalue weighted by Crippen LogP contribution is -2.00. The Morgan fingerprint density at radius 1 is 0.304 bits per heavy atom. The van der Waals surface area contributed by atoms with Gasteiger partial charge in [0, 0.05) is 54.6 Å². The van der Waals surface area contributed by atoms with Gasteiger partial charge in [-0.15, -0.1) is 0 Å². The van der Waals surface area contributed by atoms with Gasteiger partial charge in [-0.05, 0) is 64.7 Å². The van der Waals surface area contributed by atoms with E-state index in [1.54, 1.807) is 0 Å². The first kappa shape index (κ1) is 38.8. The zero-order valence-corrected chi connectivity index (χ0v) is 37.0. The van der Waals surface area contributed by atoms with Crippen molar-refractivity contribution in [1.82, 2.24) is 19.5 Å². The molecule has 0 saturated carbocycles. The Kier molecular flexibility index (Phi) is 8.79. The maximum atomic E-state index is 7.29. The molecule has 6 nitrogen and oxygen atoms in total. The fraction of sp³-hybridized carbons (Fsp3) is 0. The second-order valence-electron chi connectivity index (χ2n) is 17.5. The van der Waals surface area contributed by atoms with Crippen molar-refractivity contribution < 1.29 is 8.83 Å². The van der Waals surface area contributed by atoms with E-state index in [1.165, 1.54) is 21.9 Å². The second kappa shape index (κ2) is 15.6. The normalized spacial score (nSPS) is 11.8. The monoisotopic (exact) mass is 882 g/mol. The molecule has 0 unspecified atom stereocenters. The molecule has 14 aromatic rings. The van der Waals surface area contributed by atoms with E-state index >= 15 is 0 Å². The Hall–Kier alpha value is -9.39. The van der Waals surface area contributed by atoms with Crippen molar-refractivity contribution in [1.29, 1.82) is 0 Å². The third kappa shape index (κ3) is 6.30. The first-order chi connectivity index (χ1) is 34.2. The number of fused-ring (bicyclic) bond motifs is 9. The molecule has 0 spiro atoms. The van der Waals surface area contributed by atoms with Gasteiger partial charge in [0.25, 0.3) is 0 Å². The quantitative estimate of drug-likeness (QED) is 0.159. The van der Waals surface area contributed by atoms with Gasteiger partial charge in [0.15, 0.2) is 17.5 Å². The van der Waals surface area contributed by atoms with Gasteiger partial charge in [-0.3, -0.25) is 0 Å². The summed E-state index contributed by atoms with van der Waals surface area (Å²) in [5.74, 6) is 1.69. The van der Waals surface area contributed by atoms with Crippen molar-refractivity contribution >= 4 is 65.7 Å². The average molecular weight is 883 g/mol. The molecule has 0 atom stereocenters. The van der Waals surface area contributed by atoms with Crippen LogP contribution in [0.15, 0.2) is 239 Å². The number of nitrogens with zero attached hydrogens (tertiary/aromatic N) is 4. The van der Waals surface area contributed by atoms with Crippen LogP contribution in [0.3, 0.4) is 0 Å². The molecule has 0 aliphatic carbocycles. The number of rotatable bonds is 7. The predicted octanol–water partition coefficient (Wildman–Crippen LogP) is 16.8. The van der Waals surface area contributed by atoms with Crippen molar-refractivity contribution in [3.8, 4) is 73.2 Å².